The predicted octanol–water partition coefficient (Wildman–Crippen LogP) is 3.13. The number of amides is 1. The van der Waals surface area contributed by atoms with Crippen molar-refractivity contribution in [2.45, 2.75) is 19.9 Å². The minimum Gasteiger partial charge on any atom is -0.481 e. The molecule has 0 fully saturated rings. The van der Waals surface area contributed by atoms with Gasteiger partial charge in [-0.2, -0.15) is 10.1 Å². The maximum atomic E-state index is 14.4. The van der Waals surface area contributed by atoms with Gasteiger partial charge in [-0.15, -0.1) is 5.10 Å². The number of aromatic nitrogens is 5. The number of aromatic amines is 2. The average Bonchev–Trinajstić information content (AvgIpc) is 3.35. The van der Waals surface area contributed by atoms with Crippen LogP contribution in [0.2, 0.25) is 0 Å². The highest BCUT2D eigenvalue weighted by atomic mass is 19.1. The zero-order chi connectivity index (χ0) is 21.1. The Morgan fingerprint density at radius 1 is 1.20 bits per heavy atom. The van der Waals surface area contributed by atoms with Gasteiger partial charge in [0.15, 0.2) is 24.0 Å². The molecule has 1 amide bonds. The third kappa shape index (κ3) is 4.37. The number of carbonyl (C=O) groups is 1. The summed E-state index contributed by atoms with van der Waals surface area (Å²) >= 11 is 0. The van der Waals surface area contributed by atoms with E-state index in [0.29, 0.717) is 17.3 Å². The number of nitrogens with zero attached hydrogens (tertiary/aromatic N) is 3. The van der Waals surface area contributed by atoms with Crippen molar-refractivity contribution < 1.29 is 13.9 Å². The molecule has 4 rings (SSSR count). The highest BCUT2D eigenvalue weighted by Gasteiger charge is 2.12. The lowest BCUT2D eigenvalue weighted by Gasteiger charge is -2.10. The second-order valence-corrected chi connectivity index (χ2v) is 6.96. The van der Waals surface area contributed by atoms with E-state index in [-0.39, 0.29) is 24.3 Å². The molecule has 0 saturated carbocycles. The maximum absolute atomic E-state index is 14.4. The van der Waals surface area contributed by atoms with Crippen LogP contribution in [0.15, 0.2) is 42.6 Å². The number of anilines is 2. The second-order valence-electron chi connectivity index (χ2n) is 6.96. The second kappa shape index (κ2) is 8.19. The molecule has 2 aromatic heterocycles. The van der Waals surface area contributed by atoms with Crippen LogP contribution >= 0.6 is 0 Å². The van der Waals surface area contributed by atoms with Crippen LogP contribution in [0.1, 0.15) is 13.8 Å². The van der Waals surface area contributed by atoms with E-state index in [1.54, 1.807) is 12.3 Å². The average molecular weight is 409 g/mol. The Morgan fingerprint density at radius 2 is 2.07 bits per heavy atom. The summed E-state index contributed by atoms with van der Waals surface area (Å²) in [5.41, 5.74) is 2.22. The number of hydrogen-bond donors (Lipinski definition) is 4. The van der Waals surface area contributed by atoms with E-state index in [1.807, 2.05) is 32.0 Å². The molecule has 0 bridgehead atoms. The fourth-order valence-electron chi connectivity index (χ4n) is 2.87. The van der Waals surface area contributed by atoms with E-state index in [9.17, 15) is 9.18 Å². The molecule has 0 unspecified atom stereocenters. The van der Waals surface area contributed by atoms with Gasteiger partial charge in [-0.05, 0) is 50.2 Å². The van der Waals surface area contributed by atoms with Gasteiger partial charge in [-0.3, -0.25) is 15.0 Å². The van der Waals surface area contributed by atoms with Crippen LogP contribution in [-0.4, -0.2) is 43.9 Å². The molecule has 4 N–H and O–H groups in total. The third-order valence-corrected chi connectivity index (χ3v) is 4.20. The number of fused-ring (bicyclic) bond motifs is 1. The summed E-state index contributed by atoms with van der Waals surface area (Å²) in [6, 6.07) is 10.0. The first-order chi connectivity index (χ1) is 14.5. The zero-order valence-electron chi connectivity index (χ0n) is 16.4. The van der Waals surface area contributed by atoms with Crippen molar-refractivity contribution in [3.8, 4) is 17.1 Å². The van der Waals surface area contributed by atoms with Gasteiger partial charge in [0.25, 0.3) is 5.91 Å². The van der Waals surface area contributed by atoms with Crippen molar-refractivity contribution in [1.29, 1.82) is 0 Å². The van der Waals surface area contributed by atoms with Gasteiger partial charge < -0.3 is 15.4 Å². The summed E-state index contributed by atoms with van der Waals surface area (Å²) in [4.78, 5) is 16.0. The minimum atomic E-state index is -0.596. The number of H-pyrrole nitrogens is 2. The van der Waals surface area contributed by atoms with E-state index >= 15 is 0 Å². The first-order valence-electron chi connectivity index (χ1n) is 9.32. The number of hydrogen-bond acceptors (Lipinski definition) is 6. The van der Waals surface area contributed by atoms with Gasteiger partial charge in [0.1, 0.15) is 0 Å². The van der Waals surface area contributed by atoms with E-state index < -0.39 is 5.82 Å². The molecule has 2 aromatic carbocycles. The summed E-state index contributed by atoms with van der Waals surface area (Å²) in [6.45, 7) is 3.42. The zero-order valence-corrected chi connectivity index (χ0v) is 16.4. The van der Waals surface area contributed by atoms with Crippen molar-refractivity contribution in [1.82, 2.24) is 30.7 Å². The Labute approximate surface area is 171 Å². The number of carbonyl (C=O) groups excluding carboxylic acids is 1. The molecule has 4 aromatic rings. The van der Waals surface area contributed by atoms with Crippen molar-refractivity contribution in [3.63, 3.8) is 0 Å². The van der Waals surface area contributed by atoms with E-state index in [2.05, 4.69) is 36.0 Å². The van der Waals surface area contributed by atoms with Gasteiger partial charge >= 0.3 is 0 Å². The number of rotatable bonds is 7. The number of halogens is 1. The summed E-state index contributed by atoms with van der Waals surface area (Å²) < 4.78 is 19.6. The van der Waals surface area contributed by atoms with Crippen LogP contribution in [-0.2, 0) is 4.79 Å². The number of nitrogens with one attached hydrogen (secondary N) is 4. The van der Waals surface area contributed by atoms with Gasteiger partial charge in [0.05, 0.1) is 11.7 Å². The molecule has 0 saturated heterocycles. The molecular weight excluding hydrogens is 389 g/mol. The van der Waals surface area contributed by atoms with Crippen LogP contribution in [0.25, 0.3) is 22.3 Å². The van der Waals surface area contributed by atoms with E-state index in [4.69, 9.17) is 4.74 Å². The van der Waals surface area contributed by atoms with Crippen molar-refractivity contribution in [2.75, 3.05) is 11.9 Å². The third-order valence-electron chi connectivity index (χ3n) is 4.20. The van der Waals surface area contributed by atoms with Crippen LogP contribution in [0.5, 0.6) is 5.75 Å². The molecule has 0 aliphatic heterocycles. The minimum absolute atomic E-state index is 0.0100. The maximum Gasteiger partial charge on any atom is 0.258 e. The Bertz CT molecular complexity index is 1180. The lowest BCUT2D eigenvalue weighted by molar-refractivity contribution is -0.123. The molecule has 2 heterocycles. The summed E-state index contributed by atoms with van der Waals surface area (Å²) in [6.07, 6.45) is 1.72. The molecule has 0 radical (unpaired) electrons. The molecule has 0 aliphatic carbocycles. The first kappa shape index (κ1) is 19.4. The normalized spacial score (nSPS) is 11.1. The first-order valence-corrected chi connectivity index (χ1v) is 9.32. The monoisotopic (exact) mass is 409 g/mol. The quantitative estimate of drug-likeness (QED) is 0.372. The molecule has 10 heteroatoms. The van der Waals surface area contributed by atoms with Crippen molar-refractivity contribution in [2.24, 2.45) is 0 Å². The summed E-state index contributed by atoms with van der Waals surface area (Å²) in [5.74, 6) is -0.179. The lowest BCUT2D eigenvalue weighted by atomic mass is 10.2. The Kier molecular flexibility index (Phi) is 5.29. The molecule has 0 atom stereocenters. The number of benzene rings is 2. The molecule has 154 valence electrons. The molecular formula is C20H20FN7O2. The predicted molar refractivity (Wildman–Crippen MR) is 110 cm³/mol. The largest absolute Gasteiger partial charge is 0.481 e. The smallest absolute Gasteiger partial charge is 0.258 e. The lowest BCUT2D eigenvalue weighted by Crippen LogP contribution is -2.34. The molecule has 30 heavy (non-hydrogen) atoms. The van der Waals surface area contributed by atoms with Gasteiger partial charge in [-0.1, -0.05) is 0 Å². The summed E-state index contributed by atoms with van der Waals surface area (Å²) in [7, 11) is 0. The van der Waals surface area contributed by atoms with E-state index in [1.165, 1.54) is 12.1 Å². The van der Waals surface area contributed by atoms with Crippen molar-refractivity contribution >= 4 is 28.4 Å². The number of ether oxygens (including phenoxy) is 1. The van der Waals surface area contributed by atoms with Gasteiger partial charge in [0, 0.05) is 22.7 Å². The summed E-state index contributed by atoms with van der Waals surface area (Å²) in [5, 5.41) is 20.5. The molecule has 9 nitrogen and oxygen atoms in total. The topological polar surface area (TPSA) is 121 Å². The SMILES string of the molecule is CC(C)NC(=O)COc1ccc(-c2nc(Nc3ccc4[nH]ncc4c3)n[nH]2)cc1F. The standard InChI is InChI=1S/C20H20FN7O2/c1-11(2)23-18(29)10-30-17-6-3-12(8-15(17)21)19-25-20(28-27-19)24-14-4-5-16-13(7-14)9-22-26-16/h3-9,11H,10H2,1-2H3,(H,22,26)(H,23,29)(H2,24,25,27,28). The Balaban J connectivity index is 1.43. The highest BCUT2D eigenvalue weighted by Crippen LogP contribution is 2.25. The fourth-order valence-corrected chi connectivity index (χ4v) is 2.87. The van der Waals surface area contributed by atoms with Crippen LogP contribution in [0.4, 0.5) is 16.0 Å². The van der Waals surface area contributed by atoms with Crippen LogP contribution < -0.4 is 15.4 Å². The van der Waals surface area contributed by atoms with Crippen LogP contribution in [0, 0.1) is 5.82 Å². The Hall–Kier alpha value is -3.95. The Morgan fingerprint density at radius 3 is 2.87 bits per heavy atom. The molecule has 0 spiro atoms. The molecule has 0 aliphatic rings. The van der Waals surface area contributed by atoms with Gasteiger partial charge in [-0.25, -0.2) is 4.39 Å². The highest BCUT2D eigenvalue weighted by molar-refractivity contribution is 5.82. The van der Waals surface area contributed by atoms with E-state index in [0.717, 1.165) is 16.6 Å². The van der Waals surface area contributed by atoms with Gasteiger partial charge in [0.2, 0.25) is 5.95 Å². The van der Waals surface area contributed by atoms with Crippen LogP contribution in [0.3, 0.4) is 0 Å². The fraction of sp³-hybridized carbons (Fsp3) is 0.200. The van der Waals surface area contributed by atoms with Crippen molar-refractivity contribution in [3.05, 3.63) is 48.4 Å².